The minimum atomic E-state index is 0.0142. The first-order valence-electron chi connectivity index (χ1n) is 6.42. The molecule has 2 rings (SSSR count). The number of benzene rings is 1. The lowest BCUT2D eigenvalue weighted by Gasteiger charge is -2.08. The van der Waals surface area contributed by atoms with Crippen molar-refractivity contribution >= 4 is 23.4 Å². The quantitative estimate of drug-likeness (QED) is 0.677. The number of aromatic nitrogens is 2. The van der Waals surface area contributed by atoms with Crippen LogP contribution in [-0.4, -0.2) is 21.6 Å². The Hall–Kier alpha value is -1.88. The molecule has 5 heteroatoms. The number of hydrogen-bond acceptors (Lipinski definition) is 4. The number of aryl methyl sites for hydroxylation is 2. The largest absolute Gasteiger partial charge is 0.326 e. The molecule has 0 aliphatic heterocycles. The molecular formula is C15H17N3OS. The van der Waals surface area contributed by atoms with Gasteiger partial charge in [-0.25, -0.2) is 9.97 Å². The van der Waals surface area contributed by atoms with Crippen LogP contribution in [0.25, 0.3) is 0 Å². The number of anilines is 1. The number of hydrogen-bond donors (Lipinski definition) is 1. The van der Waals surface area contributed by atoms with Gasteiger partial charge in [0.15, 0.2) is 5.16 Å². The molecule has 1 N–H and O–H groups in total. The molecule has 0 radical (unpaired) electrons. The molecule has 1 amide bonds. The maximum atomic E-state index is 11.9. The molecule has 0 saturated carbocycles. The maximum Gasteiger partial charge on any atom is 0.225 e. The summed E-state index contributed by atoms with van der Waals surface area (Å²) >= 11 is 1.48. The molecule has 0 aliphatic carbocycles. The van der Waals surface area contributed by atoms with Crippen LogP contribution in [0.1, 0.15) is 17.5 Å². The summed E-state index contributed by atoms with van der Waals surface area (Å²) in [7, 11) is 0. The summed E-state index contributed by atoms with van der Waals surface area (Å²) in [6.07, 6.45) is 3.84. The van der Waals surface area contributed by atoms with E-state index in [1.165, 1.54) is 17.3 Å². The standard InChI is InChI=1S/C15H17N3OS/c1-11-4-5-13(12(2)10-11)18-14(19)6-9-20-15-16-7-3-8-17-15/h3-5,7-8,10H,6,9H2,1-2H3,(H,18,19). The second kappa shape index (κ2) is 7.05. The highest BCUT2D eigenvalue weighted by molar-refractivity contribution is 7.99. The summed E-state index contributed by atoms with van der Waals surface area (Å²) in [5.41, 5.74) is 3.15. The van der Waals surface area contributed by atoms with Crippen LogP contribution in [0, 0.1) is 13.8 Å². The summed E-state index contributed by atoms with van der Waals surface area (Å²) < 4.78 is 0. The Kier molecular flexibility index (Phi) is 5.12. The first-order chi connectivity index (χ1) is 9.65. The second-order valence-corrected chi connectivity index (χ2v) is 5.56. The van der Waals surface area contributed by atoms with Gasteiger partial charge in [0, 0.05) is 30.3 Å². The number of rotatable bonds is 5. The van der Waals surface area contributed by atoms with Gasteiger partial charge in [0.25, 0.3) is 0 Å². The topological polar surface area (TPSA) is 54.9 Å². The van der Waals surface area contributed by atoms with Crippen molar-refractivity contribution in [1.82, 2.24) is 9.97 Å². The predicted octanol–water partition coefficient (Wildman–Crippen LogP) is 3.21. The molecule has 20 heavy (non-hydrogen) atoms. The van der Waals surface area contributed by atoms with Crippen LogP contribution in [0.15, 0.2) is 41.8 Å². The van der Waals surface area contributed by atoms with Gasteiger partial charge in [0.05, 0.1) is 0 Å². The minimum Gasteiger partial charge on any atom is -0.326 e. The lowest BCUT2D eigenvalue weighted by atomic mass is 10.1. The number of carbonyl (C=O) groups excluding carboxylic acids is 1. The Morgan fingerprint density at radius 1 is 1.25 bits per heavy atom. The number of thioether (sulfide) groups is 1. The van der Waals surface area contributed by atoms with Gasteiger partial charge in [0.1, 0.15) is 0 Å². The van der Waals surface area contributed by atoms with Gasteiger partial charge in [-0.1, -0.05) is 29.5 Å². The van der Waals surface area contributed by atoms with Crippen molar-refractivity contribution in [3.05, 3.63) is 47.8 Å². The normalized spacial score (nSPS) is 10.3. The summed E-state index contributed by atoms with van der Waals surface area (Å²) in [5, 5.41) is 3.63. The van der Waals surface area contributed by atoms with E-state index in [4.69, 9.17) is 0 Å². The summed E-state index contributed by atoms with van der Waals surface area (Å²) in [4.78, 5) is 20.1. The van der Waals surface area contributed by atoms with E-state index >= 15 is 0 Å². The predicted molar refractivity (Wildman–Crippen MR) is 81.9 cm³/mol. The third kappa shape index (κ3) is 4.35. The van der Waals surface area contributed by atoms with Crippen molar-refractivity contribution in [3.8, 4) is 0 Å². The molecule has 0 aliphatic rings. The van der Waals surface area contributed by atoms with Crippen LogP contribution in [0.2, 0.25) is 0 Å². The minimum absolute atomic E-state index is 0.0142. The lowest BCUT2D eigenvalue weighted by Crippen LogP contribution is -2.13. The van der Waals surface area contributed by atoms with Crippen molar-refractivity contribution in [2.45, 2.75) is 25.4 Å². The Bertz CT molecular complexity index is 587. The highest BCUT2D eigenvalue weighted by Crippen LogP contribution is 2.17. The van der Waals surface area contributed by atoms with Gasteiger partial charge < -0.3 is 5.32 Å². The zero-order chi connectivity index (χ0) is 14.4. The average molecular weight is 287 g/mol. The van der Waals surface area contributed by atoms with E-state index in [2.05, 4.69) is 21.4 Å². The molecule has 0 bridgehead atoms. The zero-order valence-electron chi connectivity index (χ0n) is 11.6. The molecule has 1 aromatic carbocycles. The molecule has 4 nitrogen and oxygen atoms in total. The van der Waals surface area contributed by atoms with Gasteiger partial charge in [-0.05, 0) is 31.5 Å². The molecule has 0 atom stereocenters. The van der Waals surface area contributed by atoms with Crippen LogP contribution in [-0.2, 0) is 4.79 Å². The molecule has 0 saturated heterocycles. The second-order valence-electron chi connectivity index (χ2n) is 4.50. The summed E-state index contributed by atoms with van der Waals surface area (Å²) in [6.45, 7) is 4.03. The third-order valence-electron chi connectivity index (χ3n) is 2.76. The number of carbonyl (C=O) groups is 1. The monoisotopic (exact) mass is 287 g/mol. The molecule has 1 heterocycles. The van der Waals surface area contributed by atoms with E-state index in [0.29, 0.717) is 17.3 Å². The fraction of sp³-hybridized carbons (Fsp3) is 0.267. The Labute approximate surface area is 123 Å². The van der Waals surface area contributed by atoms with E-state index in [0.717, 1.165) is 11.3 Å². The van der Waals surface area contributed by atoms with Gasteiger partial charge >= 0.3 is 0 Å². The van der Waals surface area contributed by atoms with Crippen LogP contribution in [0.4, 0.5) is 5.69 Å². The number of nitrogens with one attached hydrogen (secondary N) is 1. The van der Waals surface area contributed by atoms with Gasteiger partial charge in [0.2, 0.25) is 5.91 Å². The Balaban J connectivity index is 1.81. The first kappa shape index (κ1) is 14.5. The van der Waals surface area contributed by atoms with E-state index in [9.17, 15) is 4.79 Å². The van der Waals surface area contributed by atoms with Crippen molar-refractivity contribution < 1.29 is 4.79 Å². The fourth-order valence-corrected chi connectivity index (χ4v) is 2.50. The van der Waals surface area contributed by atoms with E-state index in [1.807, 2.05) is 26.0 Å². The molecule has 0 fully saturated rings. The van der Waals surface area contributed by atoms with E-state index in [1.54, 1.807) is 18.5 Å². The SMILES string of the molecule is Cc1ccc(NC(=O)CCSc2ncccn2)c(C)c1. The average Bonchev–Trinajstić information content (AvgIpc) is 2.43. The summed E-state index contributed by atoms with van der Waals surface area (Å²) in [6, 6.07) is 7.77. The van der Waals surface area contributed by atoms with Crippen LogP contribution in [0.5, 0.6) is 0 Å². The molecule has 1 aromatic heterocycles. The van der Waals surface area contributed by atoms with Crippen LogP contribution in [0.3, 0.4) is 0 Å². The fourth-order valence-electron chi connectivity index (χ4n) is 1.76. The van der Waals surface area contributed by atoms with Gasteiger partial charge in [-0.3, -0.25) is 4.79 Å². The third-order valence-corrected chi connectivity index (χ3v) is 3.64. The highest BCUT2D eigenvalue weighted by Gasteiger charge is 2.05. The Morgan fingerprint density at radius 2 is 2.00 bits per heavy atom. The first-order valence-corrected chi connectivity index (χ1v) is 7.40. The molecule has 0 unspecified atom stereocenters. The molecule has 2 aromatic rings. The van der Waals surface area contributed by atoms with Crippen molar-refractivity contribution in [2.24, 2.45) is 0 Å². The number of amides is 1. The zero-order valence-corrected chi connectivity index (χ0v) is 12.4. The summed E-state index contributed by atoms with van der Waals surface area (Å²) in [5.74, 6) is 0.682. The molecular weight excluding hydrogens is 270 g/mol. The van der Waals surface area contributed by atoms with Gasteiger partial charge in [-0.15, -0.1) is 0 Å². The molecule has 0 spiro atoms. The van der Waals surface area contributed by atoms with E-state index in [-0.39, 0.29) is 5.91 Å². The maximum absolute atomic E-state index is 11.9. The van der Waals surface area contributed by atoms with Crippen molar-refractivity contribution in [1.29, 1.82) is 0 Å². The number of nitrogens with zero attached hydrogens (tertiary/aromatic N) is 2. The highest BCUT2D eigenvalue weighted by atomic mass is 32.2. The van der Waals surface area contributed by atoms with E-state index < -0.39 is 0 Å². The Morgan fingerprint density at radius 3 is 2.70 bits per heavy atom. The van der Waals surface area contributed by atoms with Crippen LogP contribution < -0.4 is 5.32 Å². The van der Waals surface area contributed by atoms with Crippen molar-refractivity contribution in [3.63, 3.8) is 0 Å². The molecule has 104 valence electrons. The smallest absolute Gasteiger partial charge is 0.225 e. The lowest BCUT2D eigenvalue weighted by molar-refractivity contribution is -0.115. The van der Waals surface area contributed by atoms with Crippen molar-refractivity contribution in [2.75, 3.05) is 11.1 Å². The van der Waals surface area contributed by atoms with Crippen LogP contribution >= 0.6 is 11.8 Å². The van der Waals surface area contributed by atoms with Gasteiger partial charge in [-0.2, -0.15) is 0 Å².